The van der Waals surface area contributed by atoms with E-state index in [4.69, 9.17) is 18.7 Å². The number of carbonyl (C=O) groups is 2. The maximum absolute atomic E-state index is 13.2. The minimum atomic E-state index is -0.858. The molecule has 0 spiro atoms. The lowest BCUT2D eigenvalue weighted by Gasteiger charge is -2.30. The second kappa shape index (κ2) is 10.2. The van der Waals surface area contributed by atoms with Crippen LogP contribution in [0.15, 0.2) is 59.1 Å². The Hall–Kier alpha value is -3.85. The molecule has 4 rings (SSSR count). The molecule has 1 aliphatic rings. The third-order valence-electron chi connectivity index (χ3n) is 5.39. The van der Waals surface area contributed by atoms with E-state index in [1.165, 1.54) is 13.2 Å². The lowest BCUT2D eigenvalue weighted by atomic mass is 10.0. The van der Waals surface area contributed by atoms with Crippen molar-refractivity contribution < 1.29 is 28.3 Å². The summed E-state index contributed by atoms with van der Waals surface area (Å²) in [5.74, 6) is 0.766. The average molecular weight is 451 g/mol. The third-order valence-corrected chi connectivity index (χ3v) is 5.39. The fraction of sp³-hybridized carbons (Fsp3) is 0.292. The average Bonchev–Trinajstić information content (AvgIpc) is 3.38. The van der Waals surface area contributed by atoms with Crippen molar-refractivity contribution in [3.05, 3.63) is 65.9 Å². The molecule has 0 radical (unpaired) electrons. The Morgan fingerprint density at radius 2 is 1.79 bits per heavy atom. The van der Waals surface area contributed by atoms with Crippen molar-refractivity contribution in [2.75, 3.05) is 40.5 Å². The Bertz CT molecular complexity index is 1110. The molecular formula is C24H25N3O6. The molecule has 0 saturated carbocycles. The molecule has 9 nitrogen and oxygen atoms in total. The molecule has 0 aliphatic carbocycles. The van der Waals surface area contributed by atoms with Gasteiger partial charge in [-0.2, -0.15) is 0 Å². The molecule has 1 aromatic heterocycles. The zero-order valence-electron chi connectivity index (χ0n) is 18.4. The van der Waals surface area contributed by atoms with E-state index in [0.29, 0.717) is 54.7 Å². The minimum Gasteiger partial charge on any atom is -0.497 e. The van der Waals surface area contributed by atoms with Crippen LogP contribution in [0.5, 0.6) is 11.5 Å². The van der Waals surface area contributed by atoms with E-state index in [9.17, 15) is 9.59 Å². The first kappa shape index (κ1) is 22.3. The number of ether oxygens (including phenoxy) is 3. The van der Waals surface area contributed by atoms with Crippen LogP contribution in [0.1, 0.15) is 22.1 Å². The summed E-state index contributed by atoms with van der Waals surface area (Å²) in [6.45, 7) is 1.88. The van der Waals surface area contributed by atoms with Gasteiger partial charge in [0, 0.05) is 19.2 Å². The van der Waals surface area contributed by atoms with Gasteiger partial charge in [-0.15, -0.1) is 0 Å². The predicted molar refractivity (Wildman–Crippen MR) is 119 cm³/mol. The van der Waals surface area contributed by atoms with Gasteiger partial charge in [0.15, 0.2) is 11.5 Å². The van der Waals surface area contributed by atoms with E-state index in [1.54, 1.807) is 42.3 Å². The van der Waals surface area contributed by atoms with Crippen molar-refractivity contribution in [3.63, 3.8) is 0 Å². The van der Waals surface area contributed by atoms with E-state index in [0.717, 1.165) is 0 Å². The van der Waals surface area contributed by atoms with Crippen molar-refractivity contribution in [2.24, 2.45) is 0 Å². The van der Waals surface area contributed by atoms with Crippen molar-refractivity contribution in [1.82, 2.24) is 15.4 Å². The summed E-state index contributed by atoms with van der Waals surface area (Å²) in [6.07, 6.45) is 0. The minimum absolute atomic E-state index is 0.0468. The molecule has 1 unspecified atom stereocenters. The van der Waals surface area contributed by atoms with Crippen LogP contribution in [-0.4, -0.2) is 62.4 Å². The van der Waals surface area contributed by atoms with E-state index < -0.39 is 11.9 Å². The SMILES string of the molecule is COc1ccc(OC)c(-c2cc(C(=O)NC(C(=O)N3CCOCC3)c3ccccc3)no2)c1. The van der Waals surface area contributed by atoms with Gasteiger partial charge in [0.2, 0.25) is 5.91 Å². The second-order valence-corrected chi connectivity index (χ2v) is 7.40. The maximum atomic E-state index is 13.2. The Labute approximate surface area is 191 Å². The van der Waals surface area contributed by atoms with Crippen molar-refractivity contribution in [3.8, 4) is 22.8 Å². The van der Waals surface area contributed by atoms with Crippen LogP contribution < -0.4 is 14.8 Å². The van der Waals surface area contributed by atoms with Gasteiger partial charge in [-0.3, -0.25) is 9.59 Å². The molecule has 3 aromatic rings. The van der Waals surface area contributed by atoms with E-state index in [-0.39, 0.29) is 11.6 Å². The molecule has 1 fully saturated rings. The highest BCUT2D eigenvalue weighted by Gasteiger charge is 2.30. The van der Waals surface area contributed by atoms with Gasteiger partial charge < -0.3 is 29.0 Å². The van der Waals surface area contributed by atoms with Crippen LogP contribution in [0.3, 0.4) is 0 Å². The van der Waals surface area contributed by atoms with Gasteiger partial charge in [-0.25, -0.2) is 0 Å². The molecular weight excluding hydrogens is 426 g/mol. The monoisotopic (exact) mass is 451 g/mol. The standard InChI is InChI=1S/C24H25N3O6/c1-30-17-8-9-20(31-2)18(14-17)21-15-19(26-33-21)23(28)25-22(16-6-4-3-5-7-16)24(29)27-10-12-32-13-11-27/h3-9,14-15,22H,10-13H2,1-2H3,(H,25,28). The van der Waals surface area contributed by atoms with Gasteiger partial charge in [-0.05, 0) is 23.8 Å². The molecule has 1 atom stereocenters. The van der Waals surface area contributed by atoms with Crippen LogP contribution in [0.2, 0.25) is 0 Å². The summed E-state index contributed by atoms with van der Waals surface area (Å²) in [4.78, 5) is 28.0. The number of morpholine rings is 1. The van der Waals surface area contributed by atoms with Crippen molar-refractivity contribution in [2.45, 2.75) is 6.04 Å². The van der Waals surface area contributed by atoms with Crippen LogP contribution in [0, 0.1) is 0 Å². The summed E-state index contributed by atoms with van der Waals surface area (Å²) < 4.78 is 21.4. The van der Waals surface area contributed by atoms with Crippen LogP contribution in [-0.2, 0) is 9.53 Å². The van der Waals surface area contributed by atoms with Crippen molar-refractivity contribution in [1.29, 1.82) is 0 Å². The molecule has 1 saturated heterocycles. The fourth-order valence-electron chi connectivity index (χ4n) is 3.62. The fourth-order valence-corrected chi connectivity index (χ4v) is 3.62. The lowest BCUT2D eigenvalue weighted by Crippen LogP contribution is -2.47. The molecule has 172 valence electrons. The molecule has 2 heterocycles. The van der Waals surface area contributed by atoms with Crippen molar-refractivity contribution >= 4 is 11.8 Å². The van der Waals surface area contributed by atoms with Gasteiger partial charge in [0.1, 0.15) is 17.5 Å². The first-order valence-electron chi connectivity index (χ1n) is 10.5. The molecule has 9 heteroatoms. The Morgan fingerprint density at radius 3 is 2.48 bits per heavy atom. The molecule has 2 aromatic carbocycles. The number of benzene rings is 2. The molecule has 33 heavy (non-hydrogen) atoms. The van der Waals surface area contributed by atoms with Crippen LogP contribution >= 0.6 is 0 Å². The number of hydrogen-bond acceptors (Lipinski definition) is 7. The van der Waals surface area contributed by atoms with E-state index in [2.05, 4.69) is 10.5 Å². The Morgan fingerprint density at radius 1 is 1.03 bits per heavy atom. The summed E-state index contributed by atoms with van der Waals surface area (Å²) in [5.41, 5.74) is 1.32. The van der Waals surface area contributed by atoms with Crippen LogP contribution in [0.25, 0.3) is 11.3 Å². The quantitative estimate of drug-likeness (QED) is 0.589. The highest BCUT2D eigenvalue weighted by molar-refractivity contribution is 5.97. The van der Waals surface area contributed by atoms with Gasteiger partial charge in [0.25, 0.3) is 5.91 Å². The molecule has 1 aliphatic heterocycles. The van der Waals surface area contributed by atoms with Gasteiger partial charge in [-0.1, -0.05) is 35.5 Å². The number of aromatic nitrogens is 1. The predicted octanol–water partition coefficient (Wildman–Crippen LogP) is 2.69. The highest BCUT2D eigenvalue weighted by Crippen LogP contribution is 2.33. The number of carbonyl (C=O) groups excluding carboxylic acids is 2. The summed E-state index contributed by atoms with van der Waals surface area (Å²) >= 11 is 0. The maximum Gasteiger partial charge on any atom is 0.274 e. The first-order chi connectivity index (χ1) is 16.1. The first-order valence-corrected chi connectivity index (χ1v) is 10.5. The zero-order valence-corrected chi connectivity index (χ0v) is 18.4. The summed E-state index contributed by atoms with van der Waals surface area (Å²) in [5, 5.41) is 6.73. The number of hydrogen-bond donors (Lipinski definition) is 1. The number of methoxy groups -OCH3 is 2. The zero-order chi connectivity index (χ0) is 23.2. The lowest BCUT2D eigenvalue weighted by molar-refractivity contribution is -0.137. The molecule has 1 N–H and O–H groups in total. The number of nitrogens with zero attached hydrogens (tertiary/aromatic N) is 2. The van der Waals surface area contributed by atoms with Crippen LogP contribution in [0.4, 0.5) is 0 Å². The number of rotatable bonds is 7. The number of nitrogens with one attached hydrogen (secondary N) is 1. The largest absolute Gasteiger partial charge is 0.497 e. The molecule has 0 bridgehead atoms. The topological polar surface area (TPSA) is 103 Å². The number of amides is 2. The van der Waals surface area contributed by atoms with E-state index >= 15 is 0 Å². The Balaban J connectivity index is 1.58. The smallest absolute Gasteiger partial charge is 0.274 e. The highest BCUT2D eigenvalue weighted by atomic mass is 16.5. The normalized spacial score (nSPS) is 14.4. The second-order valence-electron chi connectivity index (χ2n) is 7.40. The third kappa shape index (κ3) is 4.98. The Kier molecular flexibility index (Phi) is 6.89. The van der Waals surface area contributed by atoms with E-state index in [1.807, 2.05) is 18.2 Å². The summed E-state index contributed by atoms with van der Waals surface area (Å²) in [7, 11) is 3.09. The van der Waals surface area contributed by atoms with Gasteiger partial charge >= 0.3 is 0 Å². The van der Waals surface area contributed by atoms with Gasteiger partial charge in [0.05, 0.1) is 33.0 Å². The summed E-state index contributed by atoms with van der Waals surface area (Å²) in [6, 6.07) is 15.0. The molecule has 2 amide bonds.